The highest BCUT2D eigenvalue weighted by Gasteiger charge is 2.10. The topological polar surface area (TPSA) is 52.9 Å². The first-order chi connectivity index (χ1) is 11.3. The molecule has 3 aromatic carbocycles. The van der Waals surface area contributed by atoms with Crippen molar-refractivity contribution in [3.63, 3.8) is 0 Å². The van der Waals surface area contributed by atoms with Gasteiger partial charge in [0.05, 0.1) is 0 Å². The Morgan fingerprint density at radius 2 is 1.61 bits per heavy atom. The predicted octanol–water partition coefficient (Wildman–Crippen LogP) is 4.39. The lowest BCUT2D eigenvalue weighted by molar-refractivity contribution is -0.112. The van der Waals surface area contributed by atoms with Crippen LogP contribution >= 0.6 is 0 Å². The zero-order valence-electron chi connectivity index (χ0n) is 12.4. The molecule has 0 aromatic heterocycles. The van der Waals surface area contributed by atoms with E-state index in [9.17, 15) is 10.1 Å². The lowest BCUT2D eigenvalue weighted by Crippen LogP contribution is -2.13. The Morgan fingerprint density at radius 3 is 2.39 bits per heavy atom. The lowest BCUT2D eigenvalue weighted by Gasteiger charge is -2.05. The smallest absolute Gasteiger partial charge is 0.266 e. The summed E-state index contributed by atoms with van der Waals surface area (Å²) in [5, 5.41) is 14.1. The molecule has 0 saturated carbocycles. The van der Waals surface area contributed by atoms with Gasteiger partial charge in [-0.05, 0) is 34.5 Å². The van der Waals surface area contributed by atoms with Gasteiger partial charge in [-0.25, -0.2) is 0 Å². The summed E-state index contributed by atoms with van der Waals surface area (Å²) in [6, 6.07) is 24.8. The molecule has 3 heteroatoms. The predicted molar refractivity (Wildman–Crippen MR) is 92.6 cm³/mol. The zero-order valence-corrected chi connectivity index (χ0v) is 12.4. The van der Waals surface area contributed by atoms with E-state index in [1.165, 1.54) is 0 Å². The van der Waals surface area contributed by atoms with E-state index in [1.807, 2.05) is 66.7 Å². The molecule has 0 spiro atoms. The molecular weight excluding hydrogens is 284 g/mol. The normalized spacial score (nSPS) is 11.0. The fourth-order valence-corrected chi connectivity index (χ4v) is 2.40. The molecule has 0 fully saturated rings. The van der Waals surface area contributed by atoms with Gasteiger partial charge in [-0.3, -0.25) is 4.79 Å². The van der Waals surface area contributed by atoms with Crippen LogP contribution in [0.4, 0.5) is 5.69 Å². The van der Waals surface area contributed by atoms with Gasteiger partial charge in [0, 0.05) is 5.69 Å². The molecule has 0 aliphatic carbocycles. The first-order valence-electron chi connectivity index (χ1n) is 7.24. The molecule has 0 aliphatic heterocycles. The molecule has 0 radical (unpaired) electrons. The van der Waals surface area contributed by atoms with Crippen molar-refractivity contribution in [2.45, 2.75) is 0 Å². The fourth-order valence-electron chi connectivity index (χ4n) is 2.40. The standard InChI is InChI=1S/C20H14N2O/c21-14-17(20(23)22-18-10-2-1-3-11-18)13-16-9-6-8-15-7-4-5-12-19(15)16/h1-13H,(H,22,23)/b17-13-. The van der Waals surface area contributed by atoms with Gasteiger partial charge < -0.3 is 5.32 Å². The molecule has 3 aromatic rings. The first-order valence-corrected chi connectivity index (χ1v) is 7.24. The fraction of sp³-hybridized carbons (Fsp3) is 0. The van der Waals surface area contributed by atoms with E-state index in [1.54, 1.807) is 18.2 Å². The van der Waals surface area contributed by atoms with Gasteiger partial charge in [-0.2, -0.15) is 5.26 Å². The summed E-state index contributed by atoms with van der Waals surface area (Å²) < 4.78 is 0. The number of hydrogen-bond acceptors (Lipinski definition) is 2. The summed E-state index contributed by atoms with van der Waals surface area (Å²) in [5.41, 5.74) is 1.59. The number of nitrogens with one attached hydrogen (secondary N) is 1. The quantitative estimate of drug-likeness (QED) is 0.576. The van der Waals surface area contributed by atoms with Crippen molar-refractivity contribution >= 4 is 28.4 Å². The molecule has 0 bridgehead atoms. The SMILES string of the molecule is N#C/C(=C/c1cccc2ccccc12)C(=O)Nc1ccccc1. The van der Waals surface area contributed by atoms with Crippen LogP contribution in [0.25, 0.3) is 16.8 Å². The maximum absolute atomic E-state index is 12.3. The third-order valence-corrected chi connectivity index (χ3v) is 3.52. The van der Waals surface area contributed by atoms with Crippen molar-refractivity contribution in [1.29, 1.82) is 5.26 Å². The average Bonchev–Trinajstić information content (AvgIpc) is 2.60. The number of amides is 1. The van der Waals surface area contributed by atoms with Crippen molar-refractivity contribution in [3.8, 4) is 6.07 Å². The molecule has 110 valence electrons. The van der Waals surface area contributed by atoms with Crippen LogP contribution in [0.2, 0.25) is 0 Å². The van der Waals surface area contributed by atoms with E-state index in [0.29, 0.717) is 5.69 Å². The van der Waals surface area contributed by atoms with Crippen LogP contribution in [-0.2, 0) is 4.79 Å². The molecule has 0 atom stereocenters. The number of nitriles is 1. The molecule has 3 rings (SSSR count). The van der Waals surface area contributed by atoms with Crippen molar-refractivity contribution in [2.24, 2.45) is 0 Å². The van der Waals surface area contributed by atoms with E-state index in [-0.39, 0.29) is 5.57 Å². The summed E-state index contributed by atoms with van der Waals surface area (Å²) >= 11 is 0. The number of para-hydroxylation sites is 1. The van der Waals surface area contributed by atoms with Gasteiger partial charge in [0.2, 0.25) is 0 Å². The minimum absolute atomic E-state index is 0.0743. The molecule has 1 N–H and O–H groups in total. The van der Waals surface area contributed by atoms with E-state index >= 15 is 0 Å². The maximum atomic E-state index is 12.3. The zero-order chi connectivity index (χ0) is 16.1. The monoisotopic (exact) mass is 298 g/mol. The third-order valence-electron chi connectivity index (χ3n) is 3.52. The van der Waals surface area contributed by atoms with Gasteiger partial charge in [0.15, 0.2) is 0 Å². The minimum Gasteiger partial charge on any atom is -0.321 e. The van der Waals surface area contributed by atoms with Crippen molar-refractivity contribution in [1.82, 2.24) is 0 Å². The lowest BCUT2D eigenvalue weighted by atomic mass is 10.0. The maximum Gasteiger partial charge on any atom is 0.266 e. The molecule has 0 unspecified atom stereocenters. The Labute approximate surface area is 134 Å². The summed E-state index contributed by atoms with van der Waals surface area (Å²) in [6.45, 7) is 0. The van der Waals surface area contributed by atoms with Gasteiger partial charge in [-0.1, -0.05) is 60.7 Å². The minimum atomic E-state index is -0.411. The van der Waals surface area contributed by atoms with E-state index in [0.717, 1.165) is 16.3 Å². The molecule has 0 saturated heterocycles. The second kappa shape index (κ2) is 6.59. The number of carbonyl (C=O) groups is 1. The summed E-state index contributed by atoms with van der Waals surface area (Å²) in [4.78, 5) is 12.3. The van der Waals surface area contributed by atoms with Gasteiger partial charge in [0.25, 0.3) is 5.91 Å². The van der Waals surface area contributed by atoms with E-state index in [4.69, 9.17) is 0 Å². The molecular formula is C20H14N2O. The number of carbonyl (C=O) groups excluding carboxylic acids is 1. The van der Waals surface area contributed by atoms with Crippen LogP contribution in [0, 0.1) is 11.3 Å². The molecule has 3 nitrogen and oxygen atoms in total. The van der Waals surface area contributed by atoms with Crippen LogP contribution in [0.1, 0.15) is 5.56 Å². The number of rotatable bonds is 3. The van der Waals surface area contributed by atoms with Crippen molar-refractivity contribution in [2.75, 3.05) is 5.32 Å². The molecule has 23 heavy (non-hydrogen) atoms. The Hall–Kier alpha value is -3.38. The Kier molecular flexibility index (Phi) is 4.17. The van der Waals surface area contributed by atoms with Gasteiger partial charge in [-0.15, -0.1) is 0 Å². The highest BCUT2D eigenvalue weighted by Crippen LogP contribution is 2.21. The molecule has 0 aliphatic rings. The summed E-state index contributed by atoms with van der Waals surface area (Å²) in [7, 11) is 0. The number of hydrogen-bond donors (Lipinski definition) is 1. The Balaban J connectivity index is 1.95. The first kappa shape index (κ1) is 14.6. The van der Waals surface area contributed by atoms with Crippen LogP contribution in [0.15, 0.2) is 78.4 Å². The van der Waals surface area contributed by atoms with Crippen molar-refractivity contribution in [3.05, 3.63) is 83.9 Å². The number of nitrogens with zero attached hydrogens (tertiary/aromatic N) is 1. The Bertz CT molecular complexity index is 916. The third kappa shape index (κ3) is 3.28. The summed E-state index contributed by atoms with van der Waals surface area (Å²) in [6.07, 6.45) is 1.63. The van der Waals surface area contributed by atoms with Crippen LogP contribution in [0.5, 0.6) is 0 Å². The summed E-state index contributed by atoms with van der Waals surface area (Å²) in [5.74, 6) is -0.411. The van der Waals surface area contributed by atoms with Crippen LogP contribution < -0.4 is 5.32 Å². The van der Waals surface area contributed by atoms with E-state index in [2.05, 4.69) is 5.32 Å². The highest BCUT2D eigenvalue weighted by molar-refractivity contribution is 6.10. The number of benzene rings is 3. The largest absolute Gasteiger partial charge is 0.321 e. The second-order valence-corrected chi connectivity index (χ2v) is 5.06. The molecule has 0 heterocycles. The Morgan fingerprint density at radius 1 is 0.913 bits per heavy atom. The number of fused-ring (bicyclic) bond motifs is 1. The average molecular weight is 298 g/mol. The van der Waals surface area contributed by atoms with Crippen molar-refractivity contribution < 1.29 is 4.79 Å². The van der Waals surface area contributed by atoms with Crippen LogP contribution in [0.3, 0.4) is 0 Å². The van der Waals surface area contributed by atoms with Gasteiger partial charge in [0.1, 0.15) is 11.6 Å². The molecule has 1 amide bonds. The second-order valence-electron chi connectivity index (χ2n) is 5.06. The highest BCUT2D eigenvalue weighted by atomic mass is 16.1. The number of anilines is 1. The van der Waals surface area contributed by atoms with E-state index < -0.39 is 5.91 Å². The van der Waals surface area contributed by atoms with Gasteiger partial charge >= 0.3 is 0 Å². The van der Waals surface area contributed by atoms with Crippen LogP contribution in [-0.4, -0.2) is 5.91 Å².